The zero-order valence-electron chi connectivity index (χ0n) is 14.3. The van der Waals surface area contributed by atoms with E-state index in [4.69, 9.17) is 19.9 Å². The molecule has 1 aromatic carbocycles. The number of hydrogen-bond acceptors (Lipinski definition) is 8. The van der Waals surface area contributed by atoms with Crippen molar-refractivity contribution in [3.8, 4) is 5.75 Å². The molecule has 0 spiro atoms. The van der Waals surface area contributed by atoms with Crippen molar-refractivity contribution in [2.45, 2.75) is 0 Å². The van der Waals surface area contributed by atoms with Crippen molar-refractivity contribution in [3.05, 3.63) is 47.8 Å². The number of ether oxygens (including phenoxy) is 3. The molecule has 0 bridgehead atoms. The number of allylic oxidation sites excluding steroid dienone is 2. The molecule has 0 radical (unpaired) electrons. The maximum absolute atomic E-state index is 12.5. The van der Waals surface area contributed by atoms with Crippen LogP contribution in [0.25, 0.3) is 16.5 Å². The minimum atomic E-state index is -0.548. The van der Waals surface area contributed by atoms with Crippen LogP contribution in [0.15, 0.2) is 42.1 Å². The molecule has 1 aliphatic rings. The molecule has 0 saturated heterocycles. The summed E-state index contributed by atoms with van der Waals surface area (Å²) in [5, 5.41) is 0.583. The highest BCUT2D eigenvalue weighted by atomic mass is 16.5. The van der Waals surface area contributed by atoms with Gasteiger partial charge in [-0.3, -0.25) is 9.59 Å². The molecule has 0 unspecified atom stereocenters. The predicted molar refractivity (Wildman–Crippen MR) is 93.1 cm³/mol. The van der Waals surface area contributed by atoms with E-state index in [1.807, 2.05) is 0 Å². The number of rotatable bonds is 6. The van der Waals surface area contributed by atoms with Crippen LogP contribution in [0.5, 0.6) is 5.75 Å². The molecule has 0 atom stereocenters. The molecule has 0 aliphatic heterocycles. The number of aromatic nitrogens is 2. The van der Waals surface area contributed by atoms with Crippen LogP contribution >= 0.6 is 0 Å². The Labute approximate surface area is 149 Å². The van der Waals surface area contributed by atoms with Crippen molar-refractivity contribution >= 4 is 28.0 Å². The van der Waals surface area contributed by atoms with Crippen molar-refractivity contribution in [2.75, 3.05) is 27.4 Å². The Morgan fingerprint density at radius 3 is 2.65 bits per heavy atom. The second-order valence-electron chi connectivity index (χ2n) is 5.44. The van der Waals surface area contributed by atoms with E-state index in [9.17, 15) is 9.59 Å². The molecule has 8 heteroatoms. The fourth-order valence-electron chi connectivity index (χ4n) is 2.60. The van der Waals surface area contributed by atoms with E-state index in [0.717, 1.165) is 6.08 Å². The highest BCUT2D eigenvalue weighted by Crippen LogP contribution is 2.30. The topological polar surface area (TPSA) is 114 Å². The summed E-state index contributed by atoms with van der Waals surface area (Å²) in [6.45, 7) is 0.858. The molecular weight excluding hydrogens is 338 g/mol. The number of carbonyl (C=O) groups is 2. The molecule has 1 aliphatic carbocycles. The molecule has 2 aromatic rings. The van der Waals surface area contributed by atoms with Crippen molar-refractivity contribution in [1.82, 2.24) is 9.97 Å². The Morgan fingerprint density at radius 1 is 1.12 bits per heavy atom. The highest BCUT2D eigenvalue weighted by molar-refractivity contribution is 6.37. The molecule has 0 amide bonds. The van der Waals surface area contributed by atoms with E-state index in [-0.39, 0.29) is 17.0 Å². The van der Waals surface area contributed by atoms with Gasteiger partial charge in [-0.05, 0) is 12.1 Å². The number of fused-ring (bicyclic) bond motifs is 1. The van der Waals surface area contributed by atoms with E-state index < -0.39 is 11.6 Å². The maximum Gasteiger partial charge on any atom is 0.244 e. The van der Waals surface area contributed by atoms with Crippen LogP contribution in [0, 0.1) is 0 Å². The first-order chi connectivity index (χ1) is 12.6. The first kappa shape index (κ1) is 17.6. The predicted octanol–water partition coefficient (Wildman–Crippen LogP) is 1.01. The Balaban J connectivity index is 2.04. The van der Waals surface area contributed by atoms with Crippen LogP contribution in [0.4, 0.5) is 0 Å². The number of ketones is 2. The monoisotopic (exact) mass is 355 g/mol. The highest BCUT2D eigenvalue weighted by Gasteiger charge is 2.30. The van der Waals surface area contributed by atoms with Crippen molar-refractivity contribution in [2.24, 2.45) is 5.73 Å². The zero-order chi connectivity index (χ0) is 18.7. The first-order valence-corrected chi connectivity index (χ1v) is 7.78. The second-order valence-corrected chi connectivity index (χ2v) is 5.44. The lowest BCUT2D eigenvalue weighted by molar-refractivity contribution is -0.117. The fraction of sp³-hybridized carbons (Fsp3) is 0.222. The summed E-state index contributed by atoms with van der Waals surface area (Å²) in [4.78, 5) is 33.1. The summed E-state index contributed by atoms with van der Waals surface area (Å²) in [7, 11) is 2.90. The molecular formula is C18H17N3O5. The molecule has 0 fully saturated rings. The van der Waals surface area contributed by atoms with Crippen molar-refractivity contribution < 1.29 is 23.8 Å². The van der Waals surface area contributed by atoms with Crippen molar-refractivity contribution in [1.29, 1.82) is 0 Å². The van der Waals surface area contributed by atoms with Gasteiger partial charge in [-0.2, -0.15) is 0 Å². The molecule has 0 saturated carbocycles. The van der Waals surface area contributed by atoms with Gasteiger partial charge in [0.25, 0.3) is 0 Å². The normalized spacial score (nSPS) is 14.6. The van der Waals surface area contributed by atoms with Gasteiger partial charge in [0.1, 0.15) is 18.7 Å². The number of carbonyl (C=O) groups excluding carboxylic acids is 2. The summed E-state index contributed by atoms with van der Waals surface area (Å²) in [6, 6.07) is 5.17. The lowest BCUT2D eigenvalue weighted by Crippen LogP contribution is -2.25. The summed E-state index contributed by atoms with van der Waals surface area (Å²) in [6.07, 6.45) is 2.42. The number of nitrogens with zero attached hydrogens (tertiary/aromatic N) is 2. The van der Waals surface area contributed by atoms with Gasteiger partial charge in [0, 0.05) is 24.6 Å². The third kappa shape index (κ3) is 3.14. The van der Waals surface area contributed by atoms with Gasteiger partial charge in [0.2, 0.25) is 5.78 Å². The zero-order valence-corrected chi connectivity index (χ0v) is 14.3. The lowest BCUT2D eigenvalue weighted by atomic mass is 9.94. The number of Topliss-reactive ketones (excluding diaryl/α,β-unsaturated/α-hetero) is 1. The van der Waals surface area contributed by atoms with Crippen LogP contribution in [0.1, 0.15) is 5.69 Å². The number of nitrogens with two attached hydrogens (primary N) is 1. The minimum Gasteiger partial charge on any atom is -0.492 e. The molecule has 2 N–H and O–H groups in total. The summed E-state index contributed by atoms with van der Waals surface area (Å²) in [5.41, 5.74) is 6.60. The minimum absolute atomic E-state index is 0.0382. The lowest BCUT2D eigenvalue weighted by Gasteiger charge is -2.16. The third-order valence-electron chi connectivity index (χ3n) is 3.87. The average Bonchev–Trinajstić information content (AvgIpc) is 2.65. The van der Waals surface area contributed by atoms with Gasteiger partial charge < -0.3 is 19.9 Å². The van der Waals surface area contributed by atoms with Gasteiger partial charge in [-0.25, -0.2) is 9.97 Å². The number of benzene rings is 1. The largest absolute Gasteiger partial charge is 0.492 e. The van der Waals surface area contributed by atoms with Gasteiger partial charge in [0.05, 0.1) is 36.2 Å². The van der Waals surface area contributed by atoms with Crippen molar-refractivity contribution in [3.63, 3.8) is 0 Å². The Hall–Kier alpha value is -3.26. The van der Waals surface area contributed by atoms with Crippen LogP contribution in [0.2, 0.25) is 0 Å². The molecule has 134 valence electrons. The maximum atomic E-state index is 12.5. The SMILES string of the molecule is COCCOc1ccc2c(C3=C(N)C(=O)C(OC)=CC3=O)ncnc2c1. The van der Waals surface area contributed by atoms with Crippen LogP contribution in [-0.2, 0) is 19.1 Å². The second kappa shape index (κ2) is 7.32. The number of methoxy groups -OCH3 is 2. The molecule has 1 heterocycles. The number of hydrogen-bond donors (Lipinski definition) is 1. The first-order valence-electron chi connectivity index (χ1n) is 7.78. The van der Waals surface area contributed by atoms with Crippen LogP contribution < -0.4 is 10.5 Å². The molecule has 8 nitrogen and oxygen atoms in total. The Kier molecular flexibility index (Phi) is 4.94. The molecule has 3 rings (SSSR count). The fourth-order valence-corrected chi connectivity index (χ4v) is 2.60. The smallest absolute Gasteiger partial charge is 0.244 e. The van der Waals surface area contributed by atoms with Crippen LogP contribution in [-0.4, -0.2) is 49.0 Å². The van der Waals surface area contributed by atoms with Gasteiger partial charge >= 0.3 is 0 Å². The Morgan fingerprint density at radius 2 is 1.92 bits per heavy atom. The summed E-state index contributed by atoms with van der Waals surface area (Å²) < 4.78 is 15.4. The van der Waals surface area contributed by atoms with Gasteiger partial charge in [-0.15, -0.1) is 0 Å². The van der Waals surface area contributed by atoms with Gasteiger partial charge in [-0.1, -0.05) is 0 Å². The van der Waals surface area contributed by atoms with E-state index >= 15 is 0 Å². The van der Waals surface area contributed by atoms with E-state index in [0.29, 0.717) is 35.6 Å². The van der Waals surface area contributed by atoms with E-state index in [1.165, 1.54) is 13.4 Å². The quantitative estimate of drug-likeness (QED) is 0.603. The third-order valence-corrected chi connectivity index (χ3v) is 3.87. The Bertz CT molecular complexity index is 949. The van der Waals surface area contributed by atoms with Gasteiger partial charge in [0.15, 0.2) is 11.5 Å². The standard InChI is InChI=1S/C18H17N3O5/c1-24-5-6-26-10-3-4-11-12(7-10)20-9-21-17(11)15-13(22)8-14(25-2)18(23)16(15)19/h3-4,7-9H,5-6,19H2,1-2H3. The molecule has 1 aromatic heterocycles. The van der Waals surface area contributed by atoms with Crippen LogP contribution in [0.3, 0.4) is 0 Å². The van der Waals surface area contributed by atoms with E-state index in [1.54, 1.807) is 25.3 Å². The molecule has 26 heavy (non-hydrogen) atoms. The average molecular weight is 355 g/mol. The summed E-state index contributed by atoms with van der Waals surface area (Å²) in [5.74, 6) is -0.482. The summed E-state index contributed by atoms with van der Waals surface area (Å²) >= 11 is 0. The van der Waals surface area contributed by atoms with E-state index in [2.05, 4.69) is 9.97 Å².